The van der Waals surface area contributed by atoms with Crippen LogP contribution in [-0.2, 0) is 4.79 Å². The normalized spacial score (nSPS) is 16.6. The van der Waals surface area contributed by atoms with E-state index in [-0.39, 0.29) is 5.91 Å². The monoisotopic (exact) mass is 305 g/mol. The Labute approximate surface area is 131 Å². The van der Waals surface area contributed by atoms with E-state index in [0.29, 0.717) is 22.8 Å². The topological polar surface area (TPSA) is 58.4 Å². The SMILES string of the molecule is CCC1CCN(CC(=O)Nc2ccccc2C(N)=S)CC1. The summed E-state index contributed by atoms with van der Waals surface area (Å²) in [6.45, 7) is 4.67. The van der Waals surface area contributed by atoms with Gasteiger partial charge in [-0.3, -0.25) is 9.69 Å². The highest BCUT2D eigenvalue weighted by atomic mass is 32.1. The molecule has 1 aromatic rings. The highest BCUT2D eigenvalue weighted by Gasteiger charge is 2.20. The molecule has 1 saturated heterocycles. The van der Waals surface area contributed by atoms with Crippen LogP contribution < -0.4 is 11.1 Å². The van der Waals surface area contributed by atoms with Crippen molar-refractivity contribution in [2.24, 2.45) is 11.7 Å². The molecule has 114 valence electrons. The molecule has 5 heteroatoms. The summed E-state index contributed by atoms with van der Waals surface area (Å²) in [5.74, 6) is 0.813. The van der Waals surface area contributed by atoms with Crippen molar-refractivity contribution in [2.45, 2.75) is 26.2 Å². The second-order valence-electron chi connectivity index (χ2n) is 5.59. The number of carbonyl (C=O) groups excluding carboxylic acids is 1. The number of anilines is 1. The van der Waals surface area contributed by atoms with Crippen molar-refractivity contribution in [1.82, 2.24) is 4.90 Å². The number of rotatable bonds is 5. The van der Waals surface area contributed by atoms with Gasteiger partial charge < -0.3 is 11.1 Å². The summed E-state index contributed by atoms with van der Waals surface area (Å²) in [6.07, 6.45) is 3.61. The Bertz CT molecular complexity index is 510. The van der Waals surface area contributed by atoms with Gasteiger partial charge in [-0.05, 0) is 44.0 Å². The molecule has 0 aliphatic carbocycles. The lowest BCUT2D eigenvalue weighted by Gasteiger charge is -2.30. The molecule has 1 aliphatic rings. The Morgan fingerprint density at radius 1 is 1.38 bits per heavy atom. The number of carbonyl (C=O) groups is 1. The molecule has 4 nitrogen and oxygen atoms in total. The van der Waals surface area contributed by atoms with E-state index in [4.69, 9.17) is 18.0 Å². The lowest BCUT2D eigenvalue weighted by atomic mass is 9.94. The average Bonchev–Trinajstić information content (AvgIpc) is 2.48. The van der Waals surface area contributed by atoms with Crippen LogP contribution in [-0.4, -0.2) is 35.4 Å². The number of hydrogen-bond donors (Lipinski definition) is 2. The molecule has 0 spiro atoms. The largest absolute Gasteiger partial charge is 0.389 e. The molecular formula is C16H23N3OS. The van der Waals surface area contributed by atoms with E-state index < -0.39 is 0 Å². The van der Waals surface area contributed by atoms with Crippen molar-refractivity contribution in [1.29, 1.82) is 0 Å². The van der Waals surface area contributed by atoms with Gasteiger partial charge in [0, 0.05) is 5.56 Å². The fraction of sp³-hybridized carbons (Fsp3) is 0.500. The molecule has 1 amide bonds. The van der Waals surface area contributed by atoms with Gasteiger partial charge in [-0.2, -0.15) is 0 Å². The van der Waals surface area contributed by atoms with Crippen LogP contribution in [0.2, 0.25) is 0 Å². The Morgan fingerprint density at radius 3 is 2.67 bits per heavy atom. The van der Waals surface area contributed by atoms with Crippen LogP contribution >= 0.6 is 12.2 Å². The molecule has 0 saturated carbocycles. The number of nitrogens with two attached hydrogens (primary N) is 1. The second-order valence-corrected chi connectivity index (χ2v) is 6.03. The summed E-state index contributed by atoms with van der Waals surface area (Å²) >= 11 is 5.01. The molecule has 0 unspecified atom stereocenters. The summed E-state index contributed by atoms with van der Waals surface area (Å²) in [7, 11) is 0. The molecular weight excluding hydrogens is 282 g/mol. The van der Waals surface area contributed by atoms with Gasteiger partial charge >= 0.3 is 0 Å². The minimum absolute atomic E-state index is 0.00588. The van der Waals surface area contributed by atoms with Gasteiger partial charge in [-0.1, -0.05) is 37.7 Å². The molecule has 1 fully saturated rings. The maximum Gasteiger partial charge on any atom is 0.238 e. The lowest BCUT2D eigenvalue weighted by Crippen LogP contribution is -2.39. The number of thiocarbonyl (C=S) groups is 1. The van der Waals surface area contributed by atoms with Crippen LogP contribution in [0, 0.1) is 5.92 Å². The van der Waals surface area contributed by atoms with Crippen molar-refractivity contribution in [2.75, 3.05) is 25.0 Å². The van der Waals surface area contributed by atoms with Crippen molar-refractivity contribution in [3.63, 3.8) is 0 Å². The molecule has 1 aliphatic heterocycles. The van der Waals surface area contributed by atoms with E-state index in [2.05, 4.69) is 17.1 Å². The van der Waals surface area contributed by atoms with Crippen molar-refractivity contribution >= 4 is 28.8 Å². The Kier molecular flexibility index (Phi) is 5.70. The van der Waals surface area contributed by atoms with Crippen molar-refractivity contribution in [3.05, 3.63) is 29.8 Å². The van der Waals surface area contributed by atoms with Gasteiger partial charge in [0.2, 0.25) is 5.91 Å². The highest BCUT2D eigenvalue weighted by Crippen LogP contribution is 2.20. The quantitative estimate of drug-likeness (QED) is 0.820. The third kappa shape index (κ3) is 4.51. The highest BCUT2D eigenvalue weighted by molar-refractivity contribution is 7.80. The van der Waals surface area contributed by atoms with Crippen molar-refractivity contribution < 1.29 is 4.79 Å². The van der Waals surface area contributed by atoms with Gasteiger partial charge in [-0.25, -0.2) is 0 Å². The molecule has 0 bridgehead atoms. The van der Waals surface area contributed by atoms with Crippen LogP contribution in [0.4, 0.5) is 5.69 Å². The van der Waals surface area contributed by atoms with Gasteiger partial charge in [0.05, 0.1) is 12.2 Å². The van der Waals surface area contributed by atoms with E-state index >= 15 is 0 Å². The number of nitrogens with zero attached hydrogens (tertiary/aromatic N) is 1. The van der Waals surface area contributed by atoms with Crippen LogP contribution in [0.5, 0.6) is 0 Å². The van der Waals surface area contributed by atoms with Gasteiger partial charge in [0.15, 0.2) is 0 Å². The Hall–Kier alpha value is -1.46. The number of amides is 1. The van der Waals surface area contributed by atoms with E-state index in [0.717, 1.165) is 19.0 Å². The maximum absolute atomic E-state index is 12.2. The van der Waals surface area contributed by atoms with Gasteiger partial charge in [-0.15, -0.1) is 0 Å². The Morgan fingerprint density at radius 2 is 2.05 bits per heavy atom. The Balaban J connectivity index is 1.89. The predicted molar refractivity (Wildman–Crippen MR) is 90.4 cm³/mol. The molecule has 1 heterocycles. The molecule has 0 atom stereocenters. The summed E-state index contributed by atoms with van der Waals surface area (Å²) < 4.78 is 0. The number of hydrogen-bond acceptors (Lipinski definition) is 3. The summed E-state index contributed by atoms with van der Waals surface area (Å²) in [5, 5.41) is 2.92. The maximum atomic E-state index is 12.2. The second kappa shape index (κ2) is 7.52. The van der Waals surface area contributed by atoms with E-state index in [9.17, 15) is 4.79 Å². The van der Waals surface area contributed by atoms with Crippen LogP contribution in [0.25, 0.3) is 0 Å². The van der Waals surface area contributed by atoms with Crippen LogP contribution in [0.3, 0.4) is 0 Å². The third-order valence-corrected chi connectivity index (χ3v) is 4.34. The number of para-hydroxylation sites is 1. The first-order chi connectivity index (χ1) is 10.1. The van der Waals surface area contributed by atoms with Crippen LogP contribution in [0.15, 0.2) is 24.3 Å². The molecule has 21 heavy (non-hydrogen) atoms. The zero-order valence-corrected chi connectivity index (χ0v) is 13.3. The first-order valence-electron chi connectivity index (χ1n) is 7.51. The standard InChI is InChI=1S/C16H23N3OS/c1-2-12-7-9-19(10-8-12)11-15(20)18-14-6-4-3-5-13(14)16(17)21/h3-6,12H,2,7-11H2,1H3,(H2,17,21)(H,18,20). The van der Waals surface area contributed by atoms with Gasteiger partial charge in [0.1, 0.15) is 4.99 Å². The number of piperidine rings is 1. The summed E-state index contributed by atoms with van der Waals surface area (Å²) in [4.78, 5) is 14.7. The fourth-order valence-electron chi connectivity index (χ4n) is 2.75. The molecule has 3 N–H and O–H groups in total. The minimum atomic E-state index is -0.00588. The zero-order chi connectivity index (χ0) is 15.2. The average molecular weight is 305 g/mol. The molecule has 0 aromatic heterocycles. The first-order valence-corrected chi connectivity index (χ1v) is 7.92. The molecule has 1 aromatic carbocycles. The third-order valence-electron chi connectivity index (χ3n) is 4.12. The first kappa shape index (κ1) is 15.9. The van der Waals surface area contributed by atoms with Crippen LogP contribution in [0.1, 0.15) is 31.7 Å². The fourth-order valence-corrected chi connectivity index (χ4v) is 2.93. The number of benzene rings is 1. The van der Waals surface area contributed by atoms with E-state index in [1.807, 2.05) is 24.3 Å². The molecule has 2 rings (SSSR count). The smallest absolute Gasteiger partial charge is 0.238 e. The van der Waals surface area contributed by atoms with E-state index in [1.165, 1.54) is 19.3 Å². The number of nitrogens with one attached hydrogen (secondary N) is 1. The van der Waals surface area contributed by atoms with E-state index in [1.54, 1.807) is 0 Å². The molecule has 0 radical (unpaired) electrons. The van der Waals surface area contributed by atoms with Gasteiger partial charge in [0.25, 0.3) is 0 Å². The van der Waals surface area contributed by atoms with Crippen molar-refractivity contribution in [3.8, 4) is 0 Å². The summed E-state index contributed by atoms with van der Waals surface area (Å²) in [5.41, 5.74) is 7.08. The zero-order valence-electron chi connectivity index (χ0n) is 12.5. The lowest BCUT2D eigenvalue weighted by molar-refractivity contribution is -0.117. The minimum Gasteiger partial charge on any atom is -0.389 e. The summed E-state index contributed by atoms with van der Waals surface area (Å²) in [6, 6.07) is 7.38. The number of likely N-dealkylation sites (tertiary alicyclic amines) is 1. The predicted octanol–water partition coefficient (Wildman–Crippen LogP) is 2.38.